The van der Waals surface area contributed by atoms with E-state index < -0.39 is 5.82 Å². The number of furan rings is 1. The second-order valence-corrected chi connectivity index (χ2v) is 8.16. The molecule has 10 nitrogen and oxygen atoms in total. The summed E-state index contributed by atoms with van der Waals surface area (Å²) >= 11 is 0. The van der Waals surface area contributed by atoms with E-state index in [-0.39, 0.29) is 34.0 Å². The normalized spacial score (nSPS) is 15.0. The molecule has 11 heteroatoms. The number of hydrogen-bond donors (Lipinski definition) is 0. The summed E-state index contributed by atoms with van der Waals surface area (Å²) in [7, 11) is 0. The van der Waals surface area contributed by atoms with E-state index in [1.807, 2.05) is 6.92 Å². The lowest BCUT2D eigenvalue weighted by molar-refractivity contribution is 0.0364. The highest BCUT2D eigenvalue weighted by molar-refractivity contribution is 5.83. The summed E-state index contributed by atoms with van der Waals surface area (Å²) in [5.74, 6) is 1.03. The number of rotatable bonds is 5. The van der Waals surface area contributed by atoms with E-state index in [4.69, 9.17) is 13.7 Å². The number of para-hydroxylation sites is 1. The van der Waals surface area contributed by atoms with Gasteiger partial charge in [0.05, 0.1) is 18.7 Å². The molecule has 5 heterocycles. The Morgan fingerprint density at radius 3 is 2.74 bits per heavy atom. The SMILES string of the molecule is Cc1ccc(-c2noc(-c3ncn4c3c(=O)n(CCN3CCOCC3)c3c(F)cccc34)n2)o1. The molecule has 0 aliphatic carbocycles. The van der Waals surface area contributed by atoms with Crippen LogP contribution >= 0.6 is 0 Å². The van der Waals surface area contributed by atoms with Crippen molar-refractivity contribution in [3.63, 3.8) is 0 Å². The molecule has 1 aliphatic rings. The molecule has 1 saturated heterocycles. The predicted molar refractivity (Wildman–Crippen MR) is 120 cm³/mol. The standard InChI is InChI=1S/C23H21FN6O4/c1-14-5-6-17(33-14)21-26-22(34-27-21)18-20-23(31)29(8-7-28-9-11-32-12-10-28)19-15(24)3-2-4-16(19)30(20)13-25-18/h2-6,13H,7-12H2,1H3. The van der Waals surface area contributed by atoms with Crippen LogP contribution in [0.25, 0.3) is 39.7 Å². The second kappa shape index (κ2) is 8.19. The first-order chi connectivity index (χ1) is 16.6. The maximum Gasteiger partial charge on any atom is 0.279 e. The molecular formula is C23H21FN6O4. The summed E-state index contributed by atoms with van der Waals surface area (Å²) in [5.41, 5.74) is 0.849. The van der Waals surface area contributed by atoms with Crippen molar-refractivity contribution in [3.8, 4) is 23.2 Å². The number of hydrogen-bond acceptors (Lipinski definition) is 8. The van der Waals surface area contributed by atoms with Gasteiger partial charge in [-0.25, -0.2) is 9.37 Å². The third-order valence-corrected chi connectivity index (χ3v) is 6.04. The number of aromatic nitrogens is 5. The molecular weight excluding hydrogens is 443 g/mol. The van der Waals surface area contributed by atoms with Crippen molar-refractivity contribution in [2.75, 3.05) is 32.8 Å². The summed E-state index contributed by atoms with van der Waals surface area (Å²) < 4.78 is 34.4. The molecule has 1 aromatic carbocycles. The number of nitrogens with zero attached hydrogens (tertiary/aromatic N) is 6. The van der Waals surface area contributed by atoms with Gasteiger partial charge in [0.15, 0.2) is 11.5 Å². The summed E-state index contributed by atoms with van der Waals surface area (Å²) in [6.45, 7) is 5.55. The zero-order valence-electron chi connectivity index (χ0n) is 18.4. The Morgan fingerprint density at radius 1 is 1.09 bits per heavy atom. The molecule has 5 aromatic rings. The van der Waals surface area contributed by atoms with Crippen molar-refractivity contribution in [1.82, 2.24) is 29.0 Å². The van der Waals surface area contributed by atoms with Gasteiger partial charge >= 0.3 is 0 Å². The fourth-order valence-electron chi connectivity index (χ4n) is 4.34. The molecule has 0 spiro atoms. The maximum atomic E-state index is 15.0. The lowest BCUT2D eigenvalue weighted by atomic mass is 10.2. The summed E-state index contributed by atoms with van der Waals surface area (Å²) in [6, 6.07) is 8.26. The third kappa shape index (κ3) is 3.40. The zero-order valence-corrected chi connectivity index (χ0v) is 18.4. The van der Waals surface area contributed by atoms with E-state index in [2.05, 4.69) is 20.0 Å². The van der Waals surface area contributed by atoms with Gasteiger partial charge in [-0.1, -0.05) is 11.2 Å². The van der Waals surface area contributed by atoms with Crippen molar-refractivity contribution in [3.05, 3.63) is 58.6 Å². The summed E-state index contributed by atoms with van der Waals surface area (Å²) in [5, 5.41) is 3.97. The van der Waals surface area contributed by atoms with Crippen LogP contribution in [0.4, 0.5) is 4.39 Å². The third-order valence-electron chi connectivity index (χ3n) is 6.04. The van der Waals surface area contributed by atoms with Gasteiger partial charge in [0.25, 0.3) is 11.4 Å². The number of aryl methyl sites for hydroxylation is 1. The van der Waals surface area contributed by atoms with Crippen molar-refractivity contribution < 1.29 is 18.1 Å². The van der Waals surface area contributed by atoms with E-state index >= 15 is 0 Å². The smallest absolute Gasteiger partial charge is 0.279 e. The van der Waals surface area contributed by atoms with Gasteiger partial charge in [-0.05, 0) is 31.2 Å². The van der Waals surface area contributed by atoms with Crippen molar-refractivity contribution >= 4 is 16.6 Å². The molecule has 0 radical (unpaired) electrons. The minimum absolute atomic E-state index is 0.0825. The summed E-state index contributed by atoms with van der Waals surface area (Å²) in [4.78, 5) is 24.6. The minimum atomic E-state index is -0.470. The molecule has 0 bridgehead atoms. The topological polar surface area (TPSA) is 104 Å². The Balaban J connectivity index is 1.49. The van der Waals surface area contributed by atoms with Gasteiger partial charge in [-0.2, -0.15) is 4.98 Å². The fourth-order valence-corrected chi connectivity index (χ4v) is 4.34. The maximum absolute atomic E-state index is 15.0. The highest BCUT2D eigenvalue weighted by atomic mass is 19.1. The Kier molecular flexibility index (Phi) is 5.00. The second-order valence-electron chi connectivity index (χ2n) is 8.16. The van der Waals surface area contributed by atoms with Crippen LogP contribution in [0.2, 0.25) is 0 Å². The Hall–Kier alpha value is -3.83. The molecule has 6 rings (SSSR count). The number of fused-ring (bicyclic) bond motifs is 3. The van der Waals surface area contributed by atoms with Gasteiger partial charge in [0.2, 0.25) is 5.82 Å². The van der Waals surface area contributed by atoms with E-state index in [0.717, 1.165) is 13.1 Å². The van der Waals surface area contributed by atoms with E-state index in [0.29, 0.717) is 43.3 Å². The average Bonchev–Trinajstić information content (AvgIpc) is 3.59. The Morgan fingerprint density at radius 2 is 1.94 bits per heavy atom. The van der Waals surface area contributed by atoms with Gasteiger partial charge in [0.1, 0.15) is 28.9 Å². The average molecular weight is 464 g/mol. The molecule has 0 saturated carbocycles. The van der Waals surface area contributed by atoms with Crippen molar-refractivity contribution in [2.24, 2.45) is 0 Å². The minimum Gasteiger partial charge on any atom is -0.458 e. The first-order valence-electron chi connectivity index (χ1n) is 11.0. The summed E-state index contributed by atoms with van der Waals surface area (Å²) in [6.07, 6.45) is 1.47. The van der Waals surface area contributed by atoms with Crippen LogP contribution in [0.3, 0.4) is 0 Å². The van der Waals surface area contributed by atoms with Gasteiger partial charge in [-0.15, -0.1) is 0 Å². The van der Waals surface area contributed by atoms with E-state index in [1.54, 1.807) is 28.7 Å². The number of morpholine rings is 1. The molecule has 4 aromatic heterocycles. The van der Waals surface area contributed by atoms with Gasteiger partial charge in [-0.3, -0.25) is 14.1 Å². The molecule has 174 valence electrons. The van der Waals surface area contributed by atoms with Crippen LogP contribution in [0.1, 0.15) is 5.76 Å². The lowest BCUT2D eigenvalue weighted by Crippen LogP contribution is -2.39. The molecule has 0 unspecified atom stereocenters. The van der Waals surface area contributed by atoms with Gasteiger partial charge < -0.3 is 18.2 Å². The molecule has 0 amide bonds. The molecule has 0 N–H and O–H groups in total. The van der Waals surface area contributed by atoms with Crippen LogP contribution in [0, 0.1) is 12.7 Å². The number of imidazole rings is 1. The highest BCUT2D eigenvalue weighted by Gasteiger charge is 2.23. The Labute approximate surface area is 192 Å². The predicted octanol–water partition coefficient (Wildman–Crippen LogP) is 2.74. The first kappa shape index (κ1) is 20.8. The Bertz CT molecular complexity index is 1560. The van der Waals surface area contributed by atoms with E-state index in [1.165, 1.54) is 17.0 Å². The highest BCUT2D eigenvalue weighted by Crippen LogP contribution is 2.27. The van der Waals surface area contributed by atoms with Gasteiger partial charge in [0, 0.05) is 26.2 Å². The first-order valence-corrected chi connectivity index (χ1v) is 11.0. The van der Waals surface area contributed by atoms with Crippen molar-refractivity contribution in [1.29, 1.82) is 0 Å². The van der Waals surface area contributed by atoms with Crippen LogP contribution < -0.4 is 5.56 Å². The molecule has 1 aliphatic heterocycles. The lowest BCUT2D eigenvalue weighted by Gasteiger charge is -2.27. The number of halogens is 1. The zero-order chi connectivity index (χ0) is 23.2. The van der Waals surface area contributed by atoms with Crippen LogP contribution in [-0.2, 0) is 11.3 Å². The van der Waals surface area contributed by atoms with Crippen LogP contribution in [0.15, 0.2) is 50.4 Å². The van der Waals surface area contributed by atoms with Crippen LogP contribution in [-0.4, -0.2) is 61.8 Å². The van der Waals surface area contributed by atoms with E-state index in [9.17, 15) is 9.18 Å². The molecule has 34 heavy (non-hydrogen) atoms. The number of benzene rings is 1. The fraction of sp³-hybridized carbons (Fsp3) is 0.304. The molecule has 0 atom stereocenters. The van der Waals surface area contributed by atoms with Crippen LogP contribution in [0.5, 0.6) is 0 Å². The number of ether oxygens (including phenoxy) is 1. The largest absolute Gasteiger partial charge is 0.458 e. The monoisotopic (exact) mass is 464 g/mol. The quantitative estimate of drug-likeness (QED) is 0.391. The van der Waals surface area contributed by atoms with Crippen molar-refractivity contribution in [2.45, 2.75) is 13.5 Å². The molecule has 1 fully saturated rings.